The third kappa shape index (κ3) is 3.01. The molecule has 3 rings (SSSR count). The fourth-order valence-corrected chi connectivity index (χ4v) is 2.71. The topological polar surface area (TPSA) is 42.7 Å². The number of hydrogen-bond acceptors (Lipinski definition) is 3. The van der Waals surface area contributed by atoms with E-state index in [1.54, 1.807) is 6.33 Å². The molecule has 100 valence electrons. The summed E-state index contributed by atoms with van der Waals surface area (Å²) in [7, 11) is 0. The van der Waals surface area contributed by atoms with Crippen molar-refractivity contribution in [1.82, 2.24) is 20.1 Å². The molecule has 1 atom stereocenters. The highest BCUT2D eigenvalue weighted by Gasteiger charge is 2.14. The molecule has 4 nitrogen and oxygen atoms in total. The molecular formula is C15H20N4. The lowest BCUT2D eigenvalue weighted by molar-refractivity contribution is 0.380. The van der Waals surface area contributed by atoms with Crippen LogP contribution in [0.15, 0.2) is 36.7 Å². The van der Waals surface area contributed by atoms with Crippen molar-refractivity contribution >= 4 is 0 Å². The van der Waals surface area contributed by atoms with Crippen LogP contribution in [0.1, 0.15) is 31.5 Å². The van der Waals surface area contributed by atoms with Gasteiger partial charge in [0.2, 0.25) is 0 Å². The zero-order valence-corrected chi connectivity index (χ0v) is 11.1. The number of benzene rings is 1. The average Bonchev–Trinajstić information content (AvgIpc) is 2.95. The molecule has 0 amide bonds. The number of aromatic nitrogens is 3. The van der Waals surface area contributed by atoms with E-state index in [0.29, 0.717) is 6.04 Å². The Morgan fingerprint density at radius 1 is 1.21 bits per heavy atom. The fraction of sp³-hybridized carbons (Fsp3) is 0.467. The second-order valence-corrected chi connectivity index (χ2v) is 5.14. The normalized spacial score (nSPS) is 19.5. The van der Waals surface area contributed by atoms with Gasteiger partial charge in [-0.2, -0.15) is 0 Å². The summed E-state index contributed by atoms with van der Waals surface area (Å²) in [5, 5.41) is 11.9. The molecule has 1 aromatic carbocycles. The monoisotopic (exact) mass is 256 g/mol. The lowest BCUT2D eigenvalue weighted by atomic mass is 10.0. The lowest BCUT2D eigenvalue weighted by Crippen LogP contribution is -2.34. The summed E-state index contributed by atoms with van der Waals surface area (Å²) in [6.07, 6.45) is 7.89. The maximum atomic E-state index is 4.26. The number of piperidine rings is 1. The van der Waals surface area contributed by atoms with E-state index in [9.17, 15) is 0 Å². The van der Waals surface area contributed by atoms with E-state index >= 15 is 0 Å². The number of nitrogens with zero attached hydrogens (tertiary/aromatic N) is 3. The van der Waals surface area contributed by atoms with Gasteiger partial charge in [0.25, 0.3) is 0 Å². The molecule has 1 aliphatic heterocycles. The molecule has 19 heavy (non-hydrogen) atoms. The van der Waals surface area contributed by atoms with Crippen LogP contribution in [0.25, 0.3) is 5.69 Å². The highest BCUT2D eigenvalue weighted by atomic mass is 15.3. The molecule has 2 aromatic rings. The molecule has 0 saturated carbocycles. The molecule has 2 heterocycles. The van der Waals surface area contributed by atoms with E-state index in [-0.39, 0.29) is 0 Å². The Hall–Kier alpha value is -1.68. The number of aryl methyl sites for hydroxylation is 1. The zero-order chi connectivity index (χ0) is 12.9. The first-order chi connectivity index (χ1) is 9.43. The molecule has 1 aliphatic rings. The molecule has 0 aliphatic carbocycles. The molecule has 1 aromatic heterocycles. The number of nitrogens with one attached hydrogen (secondary N) is 1. The van der Waals surface area contributed by atoms with Crippen molar-refractivity contribution in [2.75, 3.05) is 6.54 Å². The van der Waals surface area contributed by atoms with Gasteiger partial charge in [0.15, 0.2) is 0 Å². The fourth-order valence-electron chi connectivity index (χ4n) is 2.71. The van der Waals surface area contributed by atoms with Crippen LogP contribution in [0.2, 0.25) is 0 Å². The first-order valence-electron chi connectivity index (χ1n) is 7.11. The van der Waals surface area contributed by atoms with Gasteiger partial charge in [0, 0.05) is 18.2 Å². The number of para-hydroxylation sites is 1. The Labute approximate surface area is 113 Å². The summed E-state index contributed by atoms with van der Waals surface area (Å²) in [5.74, 6) is 1.05. The van der Waals surface area contributed by atoms with Gasteiger partial charge >= 0.3 is 0 Å². The van der Waals surface area contributed by atoms with Crippen LogP contribution in [-0.2, 0) is 6.42 Å². The van der Waals surface area contributed by atoms with E-state index in [4.69, 9.17) is 0 Å². The standard InChI is InChI=1S/C15H20N4/c1-2-7-14(8-3-1)19-12-17-18-15(19)10-9-13-6-4-5-11-16-13/h1-3,7-8,12-13,16H,4-6,9-11H2. The van der Waals surface area contributed by atoms with Gasteiger partial charge < -0.3 is 5.32 Å². The molecule has 0 spiro atoms. The summed E-state index contributed by atoms with van der Waals surface area (Å²) in [6, 6.07) is 10.9. The van der Waals surface area contributed by atoms with Crippen molar-refractivity contribution in [1.29, 1.82) is 0 Å². The van der Waals surface area contributed by atoms with E-state index in [2.05, 4.69) is 32.2 Å². The first-order valence-corrected chi connectivity index (χ1v) is 7.11. The maximum absolute atomic E-state index is 4.26. The number of rotatable bonds is 4. The maximum Gasteiger partial charge on any atom is 0.137 e. The summed E-state index contributed by atoms with van der Waals surface area (Å²) in [6.45, 7) is 1.16. The second-order valence-electron chi connectivity index (χ2n) is 5.14. The highest BCUT2D eigenvalue weighted by molar-refractivity contribution is 5.31. The van der Waals surface area contributed by atoms with Gasteiger partial charge in [-0.05, 0) is 37.9 Å². The van der Waals surface area contributed by atoms with Crippen molar-refractivity contribution < 1.29 is 0 Å². The largest absolute Gasteiger partial charge is 0.314 e. The van der Waals surface area contributed by atoms with Crippen molar-refractivity contribution in [3.63, 3.8) is 0 Å². The van der Waals surface area contributed by atoms with Gasteiger partial charge in [-0.3, -0.25) is 4.57 Å². The van der Waals surface area contributed by atoms with Crippen LogP contribution in [0, 0.1) is 0 Å². The Balaban J connectivity index is 1.67. The van der Waals surface area contributed by atoms with Gasteiger partial charge in [0.05, 0.1) is 0 Å². The minimum Gasteiger partial charge on any atom is -0.314 e. The summed E-state index contributed by atoms with van der Waals surface area (Å²) < 4.78 is 2.09. The Morgan fingerprint density at radius 3 is 2.89 bits per heavy atom. The molecule has 1 saturated heterocycles. The van der Waals surface area contributed by atoms with Gasteiger partial charge in [0.1, 0.15) is 12.2 Å². The van der Waals surface area contributed by atoms with Crippen LogP contribution < -0.4 is 5.32 Å². The molecule has 1 unspecified atom stereocenters. The average molecular weight is 256 g/mol. The summed E-state index contributed by atoms with van der Waals surface area (Å²) in [4.78, 5) is 0. The minimum atomic E-state index is 0.648. The van der Waals surface area contributed by atoms with Crippen molar-refractivity contribution in [2.24, 2.45) is 0 Å². The van der Waals surface area contributed by atoms with E-state index in [1.165, 1.54) is 19.3 Å². The third-order valence-corrected chi connectivity index (χ3v) is 3.78. The molecule has 1 fully saturated rings. The van der Waals surface area contributed by atoms with Gasteiger partial charge in [-0.1, -0.05) is 24.6 Å². The quantitative estimate of drug-likeness (QED) is 0.913. The Morgan fingerprint density at radius 2 is 2.11 bits per heavy atom. The van der Waals surface area contributed by atoms with Gasteiger partial charge in [-0.15, -0.1) is 10.2 Å². The minimum absolute atomic E-state index is 0.648. The van der Waals surface area contributed by atoms with Crippen molar-refractivity contribution in [2.45, 2.75) is 38.1 Å². The summed E-state index contributed by atoms with van der Waals surface area (Å²) >= 11 is 0. The predicted octanol–water partition coefficient (Wildman–Crippen LogP) is 2.34. The van der Waals surface area contributed by atoms with Crippen molar-refractivity contribution in [3.8, 4) is 5.69 Å². The molecule has 0 radical (unpaired) electrons. The summed E-state index contributed by atoms with van der Waals surface area (Å²) in [5.41, 5.74) is 1.14. The smallest absolute Gasteiger partial charge is 0.137 e. The first kappa shape index (κ1) is 12.4. The van der Waals surface area contributed by atoms with E-state index in [0.717, 1.165) is 30.9 Å². The van der Waals surface area contributed by atoms with Gasteiger partial charge in [-0.25, -0.2) is 0 Å². The van der Waals surface area contributed by atoms with Crippen molar-refractivity contribution in [3.05, 3.63) is 42.5 Å². The number of hydrogen-bond donors (Lipinski definition) is 1. The Kier molecular flexibility index (Phi) is 3.89. The molecule has 0 bridgehead atoms. The van der Waals surface area contributed by atoms with Crippen LogP contribution in [0.5, 0.6) is 0 Å². The second kappa shape index (κ2) is 5.97. The van der Waals surface area contributed by atoms with Crippen LogP contribution in [0.3, 0.4) is 0 Å². The lowest BCUT2D eigenvalue weighted by Gasteiger charge is -2.23. The molecule has 1 N–H and O–H groups in total. The SMILES string of the molecule is c1ccc(-n2cnnc2CCC2CCCCN2)cc1. The molecular weight excluding hydrogens is 236 g/mol. The predicted molar refractivity (Wildman–Crippen MR) is 75.3 cm³/mol. The van der Waals surface area contributed by atoms with E-state index in [1.807, 2.05) is 18.2 Å². The van der Waals surface area contributed by atoms with Crippen LogP contribution in [-0.4, -0.2) is 27.4 Å². The van der Waals surface area contributed by atoms with Crippen LogP contribution >= 0.6 is 0 Å². The zero-order valence-electron chi connectivity index (χ0n) is 11.1. The third-order valence-electron chi connectivity index (χ3n) is 3.78. The van der Waals surface area contributed by atoms with E-state index < -0.39 is 0 Å². The highest BCUT2D eigenvalue weighted by Crippen LogP contribution is 2.14. The van der Waals surface area contributed by atoms with Crippen LogP contribution in [0.4, 0.5) is 0 Å². The Bertz CT molecular complexity index is 500. The molecule has 4 heteroatoms.